The van der Waals surface area contributed by atoms with Crippen molar-refractivity contribution in [1.82, 2.24) is 0 Å². The van der Waals surface area contributed by atoms with Crippen LogP contribution in [0.1, 0.15) is 78.4 Å². The molecule has 0 aromatic heterocycles. The predicted molar refractivity (Wildman–Crippen MR) is 96.5 cm³/mol. The lowest BCUT2D eigenvalue weighted by Gasteiger charge is -2.43. The first kappa shape index (κ1) is 21.1. The van der Waals surface area contributed by atoms with Crippen molar-refractivity contribution < 1.29 is 20.4 Å². The maximum Gasteiger partial charge on any atom is 0.174 e. The molecule has 138 valence electrons. The summed E-state index contributed by atoms with van der Waals surface area (Å²) < 4.78 is 0. The first-order valence-electron chi connectivity index (χ1n) is 8.53. The van der Waals surface area contributed by atoms with Crippen LogP contribution in [0.3, 0.4) is 0 Å². The van der Waals surface area contributed by atoms with Gasteiger partial charge in [-0.3, -0.25) is 0 Å². The lowest BCUT2D eigenvalue weighted by Crippen LogP contribution is -2.49. The Kier molecular flexibility index (Phi) is 5.64. The van der Waals surface area contributed by atoms with Gasteiger partial charge in [0.15, 0.2) is 11.6 Å². The molecule has 0 radical (unpaired) electrons. The molecule has 0 spiro atoms. The molecule has 0 fully saturated rings. The lowest BCUT2D eigenvalue weighted by molar-refractivity contribution is -0.245. The van der Waals surface area contributed by atoms with Crippen LogP contribution in [0.15, 0.2) is 24.3 Å². The van der Waals surface area contributed by atoms with Gasteiger partial charge in [-0.15, -0.1) is 0 Å². The van der Waals surface area contributed by atoms with Gasteiger partial charge >= 0.3 is 0 Å². The van der Waals surface area contributed by atoms with Crippen LogP contribution in [-0.2, 0) is 0 Å². The van der Waals surface area contributed by atoms with Crippen molar-refractivity contribution >= 4 is 0 Å². The quantitative estimate of drug-likeness (QED) is 0.635. The van der Waals surface area contributed by atoms with Crippen molar-refractivity contribution in [1.29, 1.82) is 0 Å². The summed E-state index contributed by atoms with van der Waals surface area (Å²) in [5, 5.41) is 42.7. The van der Waals surface area contributed by atoms with E-state index in [0.717, 1.165) is 0 Å². The molecule has 0 unspecified atom stereocenters. The maximum absolute atomic E-state index is 10.7. The second kappa shape index (κ2) is 6.41. The highest BCUT2D eigenvalue weighted by Gasteiger charge is 2.47. The van der Waals surface area contributed by atoms with Crippen LogP contribution in [0.2, 0.25) is 0 Å². The highest BCUT2D eigenvalue weighted by atomic mass is 16.5. The number of benzene rings is 1. The third kappa shape index (κ3) is 3.67. The van der Waals surface area contributed by atoms with Crippen molar-refractivity contribution in [2.24, 2.45) is 10.8 Å². The molecule has 1 rings (SSSR count). The summed E-state index contributed by atoms with van der Waals surface area (Å²) in [6, 6.07) is 7.30. The average Bonchev–Trinajstić information content (AvgIpc) is 2.43. The molecule has 0 aliphatic rings. The van der Waals surface area contributed by atoms with Gasteiger partial charge in [0.2, 0.25) is 0 Å². The van der Waals surface area contributed by atoms with Crippen LogP contribution in [0.5, 0.6) is 0 Å². The number of aliphatic hydroxyl groups is 4. The Morgan fingerprint density at radius 2 is 0.875 bits per heavy atom. The highest BCUT2D eigenvalue weighted by molar-refractivity contribution is 5.36. The van der Waals surface area contributed by atoms with Gasteiger partial charge < -0.3 is 20.4 Å². The second-order valence-corrected chi connectivity index (χ2v) is 9.02. The van der Waals surface area contributed by atoms with Gasteiger partial charge in [0.1, 0.15) is 0 Å². The summed E-state index contributed by atoms with van der Waals surface area (Å²) in [6.07, 6.45) is 0. The van der Waals surface area contributed by atoms with E-state index in [1.54, 1.807) is 55.4 Å². The van der Waals surface area contributed by atoms with Crippen molar-refractivity contribution in [3.63, 3.8) is 0 Å². The smallest absolute Gasteiger partial charge is 0.174 e. The van der Waals surface area contributed by atoms with E-state index in [4.69, 9.17) is 0 Å². The number of hydrogen-bond donors (Lipinski definition) is 4. The average molecular weight is 338 g/mol. The van der Waals surface area contributed by atoms with Gasteiger partial charge in [-0.25, -0.2) is 0 Å². The Hall–Kier alpha value is -0.940. The largest absolute Gasteiger partial charge is 0.365 e. The van der Waals surface area contributed by atoms with Crippen LogP contribution in [-0.4, -0.2) is 32.0 Å². The molecule has 0 aliphatic carbocycles. The van der Waals surface area contributed by atoms with Crippen molar-refractivity contribution in [3.8, 4) is 0 Å². The van der Waals surface area contributed by atoms with Gasteiger partial charge in [0.05, 0.1) is 0 Å². The molecule has 0 amide bonds. The van der Waals surface area contributed by atoms with Crippen molar-refractivity contribution in [3.05, 3.63) is 35.4 Å². The fourth-order valence-electron chi connectivity index (χ4n) is 3.03. The Bertz CT molecular complexity index is 511. The summed E-state index contributed by atoms with van der Waals surface area (Å²) in [4.78, 5) is 0. The van der Waals surface area contributed by atoms with Crippen LogP contribution in [0.4, 0.5) is 0 Å². The Morgan fingerprint density at radius 1 is 0.625 bits per heavy atom. The van der Waals surface area contributed by atoms with Crippen LogP contribution in [0, 0.1) is 10.8 Å². The molecule has 1 aromatic carbocycles. The molecular formula is C20H34O4. The molecule has 0 saturated carbocycles. The molecule has 0 heterocycles. The molecule has 4 N–H and O–H groups in total. The summed E-state index contributed by atoms with van der Waals surface area (Å²) in [5.41, 5.74) is -0.0757. The molecular weight excluding hydrogens is 304 g/mol. The monoisotopic (exact) mass is 338 g/mol. The fourth-order valence-corrected chi connectivity index (χ4v) is 3.03. The van der Waals surface area contributed by atoms with E-state index in [2.05, 4.69) is 0 Å². The summed E-state index contributed by atoms with van der Waals surface area (Å²) in [6.45, 7) is 14.1. The summed E-state index contributed by atoms with van der Waals surface area (Å²) >= 11 is 0. The first-order chi connectivity index (χ1) is 10.5. The molecule has 2 atom stereocenters. The van der Waals surface area contributed by atoms with E-state index < -0.39 is 34.2 Å². The predicted octanol–water partition coefficient (Wildman–Crippen LogP) is 3.35. The third-order valence-corrected chi connectivity index (χ3v) is 5.34. The minimum atomic E-state index is -1.93. The van der Waals surface area contributed by atoms with Gasteiger partial charge in [-0.05, 0) is 11.1 Å². The van der Waals surface area contributed by atoms with Crippen molar-refractivity contribution in [2.45, 2.75) is 78.8 Å². The topological polar surface area (TPSA) is 80.9 Å². The molecule has 0 bridgehead atoms. The molecule has 4 heteroatoms. The van der Waals surface area contributed by atoms with Crippen LogP contribution < -0.4 is 0 Å². The van der Waals surface area contributed by atoms with Gasteiger partial charge in [-0.1, -0.05) is 79.7 Å². The lowest BCUT2D eigenvalue weighted by atomic mass is 9.70. The van der Waals surface area contributed by atoms with E-state index in [0.29, 0.717) is 11.1 Å². The van der Waals surface area contributed by atoms with E-state index >= 15 is 0 Å². The minimum absolute atomic E-state index is 0.591. The van der Waals surface area contributed by atoms with Gasteiger partial charge in [-0.2, -0.15) is 0 Å². The van der Waals surface area contributed by atoms with Gasteiger partial charge in [0.25, 0.3) is 0 Å². The van der Waals surface area contributed by atoms with Crippen LogP contribution in [0.25, 0.3) is 0 Å². The van der Waals surface area contributed by atoms with E-state index in [1.807, 2.05) is 24.3 Å². The van der Waals surface area contributed by atoms with Crippen LogP contribution >= 0.6 is 0 Å². The third-order valence-electron chi connectivity index (χ3n) is 5.34. The number of hydrogen-bond acceptors (Lipinski definition) is 4. The van der Waals surface area contributed by atoms with Gasteiger partial charge in [0, 0.05) is 22.7 Å². The first-order valence-corrected chi connectivity index (χ1v) is 8.53. The van der Waals surface area contributed by atoms with E-state index in [-0.39, 0.29) is 0 Å². The zero-order chi connectivity index (χ0) is 19.1. The maximum atomic E-state index is 10.7. The molecule has 24 heavy (non-hydrogen) atoms. The second-order valence-electron chi connectivity index (χ2n) is 9.02. The Morgan fingerprint density at radius 3 is 1.08 bits per heavy atom. The summed E-state index contributed by atoms with van der Waals surface area (Å²) in [5.74, 6) is -5.05. The highest BCUT2D eigenvalue weighted by Crippen LogP contribution is 2.45. The molecule has 0 saturated heterocycles. The Balaban J connectivity index is 3.42. The zero-order valence-electron chi connectivity index (χ0n) is 16.3. The Labute approximate surface area is 146 Å². The molecule has 0 aliphatic heterocycles. The van der Waals surface area contributed by atoms with E-state index in [9.17, 15) is 20.4 Å². The van der Waals surface area contributed by atoms with Crippen molar-refractivity contribution in [2.75, 3.05) is 0 Å². The minimum Gasteiger partial charge on any atom is -0.365 e. The molecule has 4 nitrogen and oxygen atoms in total. The fraction of sp³-hybridized carbons (Fsp3) is 0.700. The normalized spacial score (nSPS) is 16.8. The molecule has 1 aromatic rings. The van der Waals surface area contributed by atoms with E-state index in [1.165, 1.54) is 0 Å². The number of rotatable bonds is 4. The SMILES string of the molecule is C[C@H](c1ccccc1[C@H](C)C(O)(O)C(C)(C)C)C(O)(O)C(C)(C)C. The standard InChI is InChI=1S/C20H34O4/c1-13(19(21,22)17(3,4)5)15-11-9-10-12-16(15)14(2)20(23,24)18(6,7)8/h9-14,21-24H,1-8H3/t13-,14+. The summed E-state index contributed by atoms with van der Waals surface area (Å²) in [7, 11) is 0. The zero-order valence-corrected chi connectivity index (χ0v) is 16.3.